The van der Waals surface area contributed by atoms with Gasteiger partial charge in [0, 0.05) is 10.6 Å². The number of hydrogen-bond acceptors (Lipinski definition) is 5. The fourth-order valence-electron chi connectivity index (χ4n) is 2.55. The highest BCUT2D eigenvalue weighted by Crippen LogP contribution is 2.24. The van der Waals surface area contributed by atoms with Crippen LogP contribution >= 0.6 is 11.8 Å². The third kappa shape index (κ3) is 4.83. The van der Waals surface area contributed by atoms with Crippen molar-refractivity contribution in [3.63, 3.8) is 0 Å². The number of ether oxygens (including phenoxy) is 1. The van der Waals surface area contributed by atoms with Crippen LogP contribution in [-0.4, -0.2) is 33.2 Å². The third-order valence-electron chi connectivity index (χ3n) is 4.11. The van der Waals surface area contributed by atoms with E-state index >= 15 is 0 Å². The minimum absolute atomic E-state index is 0.319. The van der Waals surface area contributed by atoms with Gasteiger partial charge in [0.05, 0.1) is 11.0 Å². The van der Waals surface area contributed by atoms with E-state index in [2.05, 4.69) is 15.3 Å². The first-order valence-electron chi connectivity index (χ1n) is 8.78. The zero-order valence-electron chi connectivity index (χ0n) is 15.7. The lowest BCUT2D eigenvalue weighted by molar-refractivity contribution is -0.152. The first-order chi connectivity index (χ1) is 13.3. The standard InChI is InChI=1S/C20H21N3O4S/c1-11-4-7-15(8-5-11)28-13(3)19(25)27-12(2)18(24)21-14-6-9-16-17(10-14)23-20(26)22-16/h4-10,12-13H,1-3H3,(H,21,24)(H2,22,23,26)/t12-,13+/m1/s1. The monoisotopic (exact) mass is 399 g/mol. The summed E-state index contributed by atoms with van der Waals surface area (Å²) >= 11 is 1.38. The molecule has 0 bridgehead atoms. The predicted molar refractivity (Wildman–Crippen MR) is 110 cm³/mol. The molecule has 0 spiro atoms. The number of carbonyl (C=O) groups excluding carboxylic acids is 2. The third-order valence-corrected chi connectivity index (χ3v) is 5.20. The van der Waals surface area contributed by atoms with E-state index in [-0.39, 0.29) is 5.69 Å². The van der Waals surface area contributed by atoms with E-state index in [0.29, 0.717) is 16.7 Å². The lowest BCUT2D eigenvalue weighted by atomic mass is 10.2. The molecular formula is C20H21N3O4S. The summed E-state index contributed by atoms with van der Waals surface area (Å²) < 4.78 is 5.30. The Morgan fingerprint density at radius 1 is 1.04 bits per heavy atom. The van der Waals surface area contributed by atoms with Crippen molar-refractivity contribution in [2.75, 3.05) is 5.32 Å². The van der Waals surface area contributed by atoms with Crippen molar-refractivity contribution in [3.05, 3.63) is 58.5 Å². The van der Waals surface area contributed by atoms with E-state index in [1.54, 1.807) is 25.1 Å². The van der Waals surface area contributed by atoms with Gasteiger partial charge in [-0.3, -0.25) is 9.59 Å². The van der Waals surface area contributed by atoms with E-state index in [9.17, 15) is 14.4 Å². The van der Waals surface area contributed by atoms with Crippen LogP contribution in [0.2, 0.25) is 0 Å². The molecule has 0 radical (unpaired) electrons. The molecule has 0 saturated heterocycles. The molecule has 1 heterocycles. The molecule has 3 aromatic rings. The summed E-state index contributed by atoms with van der Waals surface area (Å²) in [7, 11) is 0. The maximum absolute atomic E-state index is 12.3. The fourth-order valence-corrected chi connectivity index (χ4v) is 3.40. The molecule has 2 atom stereocenters. The topological polar surface area (TPSA) is 104 Å². The lowest BCUT2D eigenvalue weighted by Crippen LogP contribution is -2.32. The molecule has 146 valence electrons. The Bertz CT molecular complexity index is 1060. The van der Waals surface area contributed by atoms with Crippen molar-refractivity contribution in [3.8, 4) is 0 Å². The van der Waals surface area contributed by atoms with Gasteiger partial charge in [0.15, 0.2) is 6.10 Å². The summed E-state index contributed by atoms with van der Waals surface area (Å²) in [6.07, 6.45) is -0.950. The van der Waals surface area contributed by atoms with Crippen LogP contribution in [0.4, 0.5) is 5.69 Å². The predicted octanol–water partition coefficient (Wildman–Crippen LogP) is 3.22. The Hall–Kier alpha value is -3.00. The van der Waals surface area contributed by atoms with Gasteiger partial charge in [0.2, 0.25) is 0 Å². The van der Waals surface area contributed by atoms with Gasteiger partial charge in [-0.2, -0.15) is 0 Å². The molecular weight excluding hydrogens is 378 g/mol. The highest BCUT2D eigenvalue weighted by Gasteiger charge is 2.23. The number of carbonyl (C=O) groups is 2. The van der Waals surface area contributed by atoms with Crippen LogP contribution in [0.5, 0.6) is 0 Å². The first-order valence-corrected chi connectivity index (χ1v) is 9.66. The number of aryl methyl sites for hydroxylation is 1. The van der Waals surface area contributed by atoms with Crippen LogP contribution in [0.1, 0.15) is 19.4 Å². The van der Waals surface area contributed by atoms with E-state index in [1.165, 1.54) is 18.7 Å². The van der Waals surface area contributed by atoms with E-state index in [0.717, 1.165) is 10.5 Å². The molecule has 0 aliphatic rings. The van der Waals surface area contributed by atoms with Gasteiger partial charge in [-0.05, 0) is 51.1 Å². The van der Waals surface area contributed by atoms with Gasteiger partial charge in [0.1, 0.15) is 5.25 Å². The number of nitrogens with one attached hydrogen (secondary N) is 3. The van der Waals surface area contributed by atoms with Crippen molar-refractivity contribution in [1.29, 1.82) is 0 Å². The number of fused-ring (bicyclic) bond motifs is 1. The average Bonchev–Trinajstić information content (AvgIpc) is 3.02. The summed E-state index contributed by atoms with van der Waals surface area (Å²) in [6.45, 7) is 5.26. The summed E-state index contributed by atoms with van der Waals surface area (Å²) in [6, 6.07) is 12.8. The van der Waals surface area contributed by atoms with Gasteiger partial charge in [-0.1, -0.05) is 17.7 Å². The molecule has 8 heteroatoms. The molecule has 0 aliphatic heterocycles. The summed E-state index contributed by atoms with van der Waals surface area (Å²) in [4.78, 5) is 42.1. The first kappa shape index (κ1) is 19.8. The van der Waals surface area contributed by atoms with Crippen LogP contribution in [0.3, 0.4) is 0 Å². The van der Waals surface area contributed by atoms with Crippen molar-refractivity contribution in [1.82, 2.24) is 9.97 Å². The van der Waals surface area contributed by atoms with Crippen molar-refractivity contribution in [2.45, 2.75) is 37.0 Å². The van der Waals surface area contributed by atoms with Crippen LogP contribution in [-0.2, 0) is 14.3 Å². The second kappa shape index (κ2) is 8.35. The highest BCUT2D eigenvalue weighted by molar-refractivity contribution is 8.00. The summed E-state index contributed by atoms with van der Waals surface area (Å²) in [5, 5.41) is 2.24. The lowest BCUT2D eigenvalue weighted by Gasteiger charge is -2.16. The molecule has 0 unspecified atom stereocenters. The largest absolute Gasteiger partial charge is 0.452 e. The quantitative estimate of drug-likeness (QED) is 0.436. The Morgan fingerprint density at radius 3 is 2.43 bits per heavy atom. The van der Waals surface area contributed by atoms with Crippen LogP contribution in [0.25, 0.3) is 11.0 Å². The Balaban J connectivity index is 1.56. The number of benzene rings is 2. The summed E-state index contributed by atoms with van der Waals surface area (Å²) in [5.74, 6) is -0.906. The van der Waals surface area contributed by atoms with Gasteiger partial charge in [-0.15, -0.1) is 11.8 Å². The van der Waals surface area contributed by atoms with Crippen LogP contribution < -0.4 is 11.0 Å². The maximum atomic E-state index is 12.3. The number of amides is 1. The fraction of sp³-hybridized carbons (Fsp3) is 0.250. The highest BCUT2D eigenvalue weighted by atomic mass is 32.2. The number of aromatic nitrogens is 2. The van der Waals surface area contributed by atoms with Crippen LogP contribution in [0.15, 0.2) is 52.2 Å². The Morgan fingerprint density at radius 2 is 1.71 bits per heavy atom. The zero-order valence-corrected chi connectivity index (χ0v) is 16.6. The van der Waals surface area contributed by atoms with E-state index in [4.69, 9.17) is 4.74 Å². The van der Waals surface area contributed by atoms with Gasteiger partial charge in [-0.25, -0.2) is 4.79 Å². The molecule has 0 aliphatic carbocycles. The molecule has 28 heavy (non-hydrogen) atoms. The molecule has 0 fully saturated rings. The van der Waals surface area contributed by atoms with Gasteiger partial charge < -0.3 is 20.0 Å². The minimum atomic E-state index is -0.950. The number of H-pyrrole nitrogens is 2. The number of thioether (sulfide) groups is 1. The Labute approximate surface area is 165 Å². The number of aromatic amines is 2. The SMILES string of the molecule is Cc1ccc(S[C@@H](C)C(=O)O[C@H](C)C(=O)Nc2ccc3[nH]c(=O)[nH]c3c2)cc1. The van der Waals surface area contributed by atoms with E-state index in [1.807, 2.05) is 31.2 Å². The van der Waals surface area contributed by atoms with Gasteiger partial charge >= 0.3 is 11.7 Å². The summed E-state index contributed by atoms with van der Waals surface area (Å²) in [5.41, 5.74) is 2.55. The molecule has 7 nitrogen and oxygen atoms in total. The number of esters is 1. The molecule has 3 rings (SSSR count). The Kier molecular flexibility index (Phi) is 5.89. The molecule has 1 amide bonds. The van der Waals surface area contributed by atoms with Crippen molar-refractivity contribution < 1.29 is 14.3 Å². The van der Waals surface area contributed by atoms with Crippen LogP contribution in [0, 0.1) is 6.92 Å². The molecule has 0 saturated carbocycles. The zero-order chi connectivity index (χ0) is 20.3. The second-order valence-electron chi connectivity index (χ2n) is 6.48. The van der Waals surface area contributed by atoms with Gasteiger partial charge in [0.25, 0.3) is 5.91 Å². The van der Waals surface area contributed by atoms with E-state index < -0.39 is 23.2 Å². The molecule has 1 aromatic heterocycles. The normalized spacial score (nSPS) is 13.1. The molecule has 3 N–H and O–H groups in total. The number of imidazole rings is 1. The smallest absolute Gasteiger partial charge is 0.323 e. The van der Waals surface area contributed by atoms with Crippen molar-refractivity contribution >= 4 is 40.4 Å². The number of hydrogen-bond donors (Lipinski definition) is 3. The average molecular weight is 399 g/mol. The minimum Gasteiger partial charge on any atom is -0.452 e. The number of anilines is 1. The molecule has 2 aromatic carbocycles. The second-order valence-corrected chi connectivity index (χ2v) is 7.90. The number of rotatable bonds is 6. The maximum Gasteiger partial charge on any atom is 0.323 e. The van der Waals surface area contributed by atoms with Crippen molar-refractivity contribution in [2.24, 2.45) is 0 Å².